The maximum absolute atomic E-state index is 13.8. The van der Waals surface area contributed by atoms with E-state index < -0.39 is 36.3 Å². The second-order valence-electron chi connectivity index (χ2n) is 11.0. The van der Waals surface area contributed by atoms with Gasteiger partial charge < -0.3 is 30.4 Å². The standard InChI is InChI=1S/C28H36N4O6/c1-15-12-29-26(35)18(15)10-21(23(34)14-33)31-27(36)25-17-7-4-3-6-16(17)13-32(25)28(37)22-11-19-20(30-22)8-5-9-24(19)38-2/h5,8-9,11,15-18,21,25,30,33H,3-4,6-7,10,12-14H2,1-2H3,(H,29,35)(H,31,36)/t15-,16-,17-,18+,21-,25-/m0/s1. The van der Waals surface area contributed by atoms with Gasteiger partial charge in [-0.05, 0) is 55.2 Å². The molecule has 2 aliphatic heterocycles. The number of hydrogen-bond acceptors (Lipinski definition) is 6. The Morgan fingerprint density at radius 3 is 2.74 bits per heavy atom. The highest BCUT2D eigenvalue weighted by Crippen LogP contribution is 2.41. The van der Waals surface area contributed by atoms with Crippen molar-refractivity contribution in [2.24, 2.45) is 23.7 Å². The molecule has 1 aliphatic carbocycles. The van der Waals surface area contributed by atoms with Crippen LogP contribution in [0.2, 0.25) is 0 Å². The molecule has 10 heteroatoms. The molecule has 38 heavy (non-hydrogen) atoms. The van der Waals surface area contributed by atoms with Crippen molar-refractivity contribution in [3.63, 3.8) is 0 Å². The average molecular weight is 525 g/mol. The Kier molecular flexibility index (Phi) is 7.43. The summed E-state index contributed by atoms with van der Waals surface area (Å²) in [6, 6.07) is 5.57. The summed E-state index contributed by atoms with van der Waals surface area (Å²) < 4.78 is 5.44. The molecule has 2 aromatic rings. The number of carbonyl (C=O) groups excluding carboxylic acids is 4. The molecule has 5 rings (SSSR count). The fraction of sp³-hybridized carbons (Fsp3) is 0.571. The molecule has 0 unspecified atom stereocenters. The number of amides is 3. The topological polar surface area (TPSA) is 141 Å². The van der Waals surface area contributed by atoms with Crippen LogP contribution in [0.1, 0.15) is 49.5 Å². The molecule has 0 bridgehead atoms. The molecule has 10 nitrogen and oxygen atoms in total. The lowest BCUT2D eigenvalue weighted by Gasteiger charge is -2.31. The average Bonchev–Trinajstić information content (AvgIpc) is 3.62. The van der Waals surface area contributed by atoms with Crippen LogP contribution >= 0.6 is 0 Å². The Balaban J connectivity index is 1.41. The normalized spacial score (nSPS) is 27.6. The van der Waals surface area contributed by atoms with Crippen LogP contribution in [0.25, 0.3) is 10.9 Å². The molecule has 3 heterocycles. The van der Waals surface area contributed by atoms with Gasteiger partial charge in [0.1, 0.15) is 24.1 Å². The number of nitrogens with zero attached hydrogens (tertiary/aromatic N) is 1. The lowest BCUT2D eigenvalue weighted by Crippen LogP contribution is -2.54. The third-order valence-corrected chi connectivity index (χ3v) is 8.72. The van der Waals surface area contributed by atoms with Crippen LogP contribution in [-0.4, -0.2) is 77.4 Å². The third kappa shape index (κ3) is 4.77. The predicted octanol–water partition coefficient (Wildman–Crippen LogP) is 1.63. The fourth-order valence-corrected chi connectivity index (χ4v) is 6.62. The number of aromatic nitrogens is 1. The number of likely N-dealkylation sites (tertiary alicyclic amines) is 1. The van der Waals surface area contributed by atoms with Crippen molar-refractivity contribution in [3.8, 4) is 5.75 Å². The van der Waals surface area contributed by atoms with Gasteiger partial charge in [-0.1, -0.05) is 25.8 Å². The van der Waals surface area contributed by atoms with E-state index in [-0.39, 0.29) is 36.0 Å². The van der Waals surface area contributed by atoms with Gasteiger partial charge in [0, 0.05) is 29.9 Å². The van der Waals surface area contributed by atoms with Crippen molar-refractivity contribution in [1.82, 2.24) is 20.5 Å². The van der Waals surface area contributed by atoms with Gasteiger partial charge in [0.2, 0.25) is 11.8 Å². The molecule has 204 valence electrons. The van der Waals surface area contributed by atoms with E-state index in [1.54, 1.807) is 18.1 Å². The molecule has 0 radical (unpaired) electrons. The fourth-order valence-electron chi connectivity index (χ4n) is 6.62. The molecule has 2 saturated heterocycles. The first-order valence-corrected chi connectivity index (χ1v) is 13.5. The van der Waals surface area contributed by atoms with Crippen molar-refractivity contribution in [2.45, 2.75) is 51.1 Å². The van der Waals surface area contributed by atoms with E-state index in [4.69, 9.17) is 4.74 Å². The van der Waals surface area contributed by atoms with Crippen LogP contribution in [0.4, 0.5) is 0 Å². The summed E-state index contributed by atoms with van der Waals surface area (Å²) in [4.78, 5) is 57.4. The summed E-state index contributed by atoms with van der Waals surface area (Å²) in [5.41, 5.74) is 1.14. The molecule has 6 atom stereocenters. The van der Waals surface area contributed by atoms with Crippen molar-refractivity contribution < 1.29 is 29.0 Å². The molecule has 1 aromatic heterocycles. The van der Waals surface area contributed by atoms with Gasteiger partial charge in [-0.15, -0.1) is 0 Å². The second-order valence-corrected chi connectivity index (χ2v) is 11.0. The van der Waals surface area contributed by atoms with Crippen LogP contribution in [-0.2, 0) is 14.4 Å². The largest absolute Gasteiger partial charge is 0.496 e. The third-order valence-electron chi connectivity index (χ3n) is 8.72. The number of hydrogen-bond donors (Lipinski definition) is 4. The Labute approximate surface area is 221 Å². The summed E-state index contributed by atoms with van der Waals surface area (Å²) >= 11 is 0. The van der Waals surface area contributed by atoms with Crippen LogP contribution in [0.15, 0.2) is 24.3 Å². The summed E-state index contributed by atoms with van der Waals surface area (Å²) in [6.45, 7) is 2.17. The molecule has 3 aliphatic rings. The number of aromatic amines is 1. The molecule has 0 spiro atoms. The number of aliphatic hydroxyl groups excluding tert-OH is 1. The Morgan fingerprint density at radius 2 is 2.03 bits per heavy atom. The minimum absolute atomic E-state index is 0.00908. The van der Waals surface area contributed by atoms with E-state index in [2.05, 4.69) is 15.6 Å². The highest BCUT2D eigenvalue weighted by Gasteiger charge is 2.49. The number of carbonyl (C=O) groups is 4. The first-order chi connectivity index (χ1) is 18.3. The SMILES string of the molecule is COc1cccc2[nH]c(C(=O)N3C[C@@H]4CCCC[C@@H]4[C@H]3C(=O)N[C@@H](C[C@H]3C(=O)NC[C@@H]3C)C(=O)CO)cc12. The van der Waals surface area contributed by atoms with E-state index >= 15 is 0 Å². The highest BCUT2D eigenvalue weighted by atomic mass is 16.5. The highest BCUT2D eigenvalue weighted by molar-refractivity contribution is 6.02. The van der Waals surface area contributed by atoms with Gasteiger partial charge in [-0.2, -0.15) is 0 Å². The van der Waals surface area contributed by atoms with Crippen LogP contribution in [0.3, 0.4) is 0 Å². The first-order valence-electron chi connectivity index (χ1n) is 13.5. The predicted molar refractivity (Wildman–Crippen MR) is 139 cm³/mol. The quantitative estimate of drug-likeness (QED) is 0.414. The molecule has 1 saturated carbocycles. The summed E-state index contributed by atoms with van der Waals surface area (Å²) in [5, 5.41) is 16.0. The molecule has 3 fully saturated rings. The molecular weight excluding hydrogens is 488 g/mol. The number of rotatable bonds is 8. The Morgan fingerprint density at radius 1 is 1.24 bits per heavy atom. The molecular formula is C28H36N4O6. The minimum atomic E-state index is -0.999. The van der Waals surface area contributed by atoms with Crippen molar-refractivity contribution in [2.75, 3.05) is 26.8 Å². The minimum Gasteiger partial charge on any atom is -0.496 e. The summed E-state index contributed by atoms with van der Waals surface area (Å²) in [5.74, 6) is -0.935. The molecule has 3 amide bonds. The van der Waals surface area contributed by atoms with Gasteiger partial charge in [0.15, 0.2) is 5.78 Å². The lowest BCUT2D eigenvalue weighted by molar-refractivity contribution is -0.133. The number of methoxy groups -OCH3 is 1. The van der Waals surface area contributed by atoms with E-state index in [0.717, 1.165) is 36.6 Å². The number of nitrogens with one attached hydrogen (secondary N) is 3. The molecule has 1 aromatic carbocycles. The van der Waals surface area contributed by atoms with Crippen LogP contribution in [0.5, 0.6) is 5.75 Å². The number of H-pyrrole nitrogens is 1. The lowest BCUT2D eigenvalue weighted by atomic mass is 9.78. The number of ketones is 1. The first kappa shape index (κ1) is 26.2. The van der Waals surface area contributed by atoms with Crippen molar-refractivity contribution >= 4 is 34.4 Å². The number of benzene rings is 1. The van der Waals surface area contributed by atoms with E-state index in [1.807, 2.05) is 25.1 Å². The van der Waals surface area contributed by atoms with Crippen molar-refractivity contribution in [1.29, 1.82) is 0 Å². The summed E-state index contributed by atoms with van der Waals surface area (Å²) in [6.07, 6.45) is 3.93. The number of fused-ring (bicyclic) bond motifs is 2. The maximum Gasteiger partial charge on any atom is 0.271 e. The van der Waals surface area contributed by atoms with E-state index in [0.29, 0.717) is 24.5 Å². The van der Waals surface area contributed by atoms with E-state index in [1.165, 1.54) is 0 Å². The smallest absolute Gasteiger partial charge is 0.271 e. The summed E-state index contributed by atoms with van der Waals surface area (Å²) in [7, 11) is 1.58. The second kappa shape index (κ2) is 10.8. The zero-order valence-corrected chi connectivity index (χ0v) is 21.9. The van der Waals surface area contributed by atoms with Crippen LogP contribution < -0.4 is 15.4 Å². The Bertz CT molecular complexity index is 1240. The van der Waals surface area contributed by atoms with Gasteiger partial charge in [-0.25, -0.2) is 0 Å². The Hall–Kier alpha value is -3.40. The zero-order chi connectivity index (χ0) is 27.0. The zero-order valence-electron chi connectivity index (χ0n) is 21.9. The van der Waals surface area contributed by atoms with E-state index in [9.17, 15) is 24.3 Å². The van der Waals surface area contributed by atoms with Gasteiger partial charge in [0.05, 0.1) is 13.2 Å². The number of ether oxygens (including phenoxy) is 1. The van der Waals surface area contributed by atoms with Crippen molar-refractivity contribution in [3.05, 3.63) is 30.0 Å². The monoisotopic (exact) mass is 524 g/mol. The number of aliphatic hydroxyl groups is 1. The van der Waals surface area contributed by atoms with Gasteiger partial charge in [0.25, 0.3) is 5.91 Å². The maximum atomic E-state index is 13.8. The van der Waals surface area contributed by atoms with Gasteiger partial charge in [-0.3, -0.25) is 19.2 Å². The molecule has 4 N–H and O–H groups in total. The van der Waals surface area contributed by atoms with Crippen LogP contribution in [0, 0.1) is 23.7 Å². The number of Topliss-reactive ketones (excluding diaryl/α,β-unsaturated/α-hetero) is 1. The van der Waals surface area contributed by atoms with Gasteiger partial charge >= 0.3 is 0 Å².